The number of para-hydroxylation sites is 3. The molecule has 0 atom stereocenters. The van der Waals surface area contributed by atoms with Crippen LogP contribution in [0.1, 0.15) is 32.9 Å². The van der Waals surface area contributed by atoms with Crippen molar-refractivity contribution in [2.24, 2.45) is 0 Å². The molecule has 2 aliphatic heterocycles. The normalized spacial score (nSPS) is 16.0. The van der Waals surface area contributed by atoms with Crippen molar-refractivity contribution in [1.82, 2.24) is 19.4 Å². The Hall–Kier alpha value is -4.15. The molecule has 0 N–H and O–H groups in total. The zero-order chi connectivity index (χ0) is 25.4. The van der Waals surface area contributed by atoms with Gasteiger partial charge in [-0.3, -0.25) is 9.69 Å². The number of piperazine rings is 1. The van der Waals surface area contributed by atoms with Gasteiger partial charge in [-0.2, -0.15) is 5.26 Å². The van der Waals surface area contributed by atoms with Gasteiger partial charge in [0.2, 0.25) is 0 Å². The Morgan fingerprint density at radius 3 is 2.57 bits per heavy atom. The number of aryl methyl sites for hydroxylation is 1. The number of benzene rings is 3. The summed E-state index contributed by atoms with van der Waals surface area (Å²) in [6.45, 7) is 8.39. The van der Waals surface area contributed by atoms with Gasteiger partial charge in [0.25, 0.3) is 5.91 Å². The van der Waals surface area contributed by atoms with Crippen LogP contribution in [0.4, 0.5) is 5.69 Å². The monoisotopic (exact) mass is 490 g/mol. The first-order valence-electron chi connectivity index (χ1n) is 12.9. The molecule has 3 aromatic carbocycles. The summed E-state index contributed by atoms with van der Waals surface area (Å²) in [4.78, 5) is 25.0. The molecule has 0 radical (unpaired) electrons. The van der Waals surface area contributed by atoms with Crippen molar-refractivity contribution >= 4 is 22.6 Å². The minimum atomic E-state index is 0.0792. The number of aromatic nitrogens is 2. The second-order valence-corrected chi connectivity index (χ2v) is 9.94. The summed E-state index contributed by atoms with van der Waals surface area (Å²) < 4.78 is 2.23. The lowest BCUT2D eigenvalue weighted by atomic mass is 10.0. The third-order valence-corrected chi connectivity index (χ3v) is 7.62. The number of amides is 1. The van der Waals surface area contributed by atoms with Crippen LogP contribution in [-0.2, 0) is 19.6 Å². The highest BCUT2D eigenvalue weighted by Gasteiger charge is 2.26. The van der Waals surface area contributed by atoms with Crippen LogP contribution in [-0.4, -0.2) is 58.0 Å². The van der Waals surface area contributed by atoms with Gasteiger partial charge in [-0.1, -0.05) is 36.4 Å². The number of hydrogen-bond acceptors (Lipinski definition) is 5. The van der Waals surface area contributed by atoms with Crippen LogP contribution >= 0.6 is 0 Å². The lowest BCUT2D eigenvalue weighted by Crippen LogP contribution is -2.46. The predicted octanol–water partition coefficient (Wildman–Crippen LogP) is 4.19. The standard InChI is InChI=1S/C30H30N6O/c1-22-10-11-23(20-33-12-14-34(15-13-33)27-8-4-2-6-24(27)19-31)18-25(22)30(37)35-16-17-36-28-9-5-3-7-26(28)32-29(36)21-35/h2-11,18H,12-17,20-21H2,1H3. The first kappa shape index (κ1) is 23.3. The average Bonchev–Trinajstić information content (AvgIpc) is 3.32. The molecule has 2 aliphatic rings. The van der Waals surface area contributed by atoms with E-state index in [1.807, 2.05) is 54.3 Å². The van der Waals surface area contributed by atoms with Gasteiger partial charge in [0.05, 0.1) is 28.8 Å². The summed E-state index contributed by atoms with van der Waals surface area (Å²) in [7, 11) is 0. The van der Waals surface area contributed by atoms with Gasteiger partial charge in [0.1, 0.15) is 11.9 Å². The van der Waals surface area contributed by atoms with E-state index in [-0.39, 0.29) is 5.91 Å². The van der Waals surface area contributed by atoms with E-state index in [2.05, 4.69) is 44.7 Å². The summed E-state index contributed by atoms with van der Waals surface area (Å²) >= 11 is 0. The zero-order valence-electron chi connectivity index (χ0n) is 21.1. The fourth-order valence-corrected chi connectivity index (χ4v) is 5.56. The molecule has 1 amide bonds. The topological polar surface area (TPSA) is 68.4 Å². The van der Waals surface area contributed by atoms with E-state index in [1.54, 1.807) is 0 Å². The lowest BCUT2D eigenvalue weighted by Gasteiger charge is -2.36. The molecule has 3 heterocycles. The number of fused-ring (bicyclic) bond motifs is 3. The minimum Gasteiger partial charge on any atom is -0.368 e. The molecule has 7 nitrogen and oxygen atoms in total. The molecular weight excluding hydrogens is 460 g/mol. The molecule has 0 bridgehead atoms. The van der Waals surface area contributed by atoms with E-state index in [1.165, 1.54) is 0 Å². The van der Waals surface area contributed by atoms with E-state index in [4.69, 9.17) is 4.98 Å². The number of imidazole rings is 1. The van der Waals surface area contributed by atoms with E-state index >= 15 is 0 Å². The van der Waals surface area contributed by atoms with Crippen molar-refractivity contribution in [3.8, 4) is 6.07 Å². The molecule has 1 fully saturated rings. The molecule has 7 heteroatoms. The maximum atomic E-state index is 13.6. The molecule has 4 aromatic rings. The van der Waals surface area contributed by atoms with Gasteiger partial charge in [0, 0.05) is 51.4 Å². The van der Waals surface area contributed by atoms with Gasteiger partial charge in [-0.05, 0) is 48.4 Å². The average molecular weight is 491 g/mol. The molecule has 37 heavy (non-hydrogen) atoms. The first-order chi connectivity index (χ1) is 18.1. The molecule has 0 saturated carbocycles. The summed E-state index contributed by atoms with van der Waals surface area (Å²) in [5.74, 6) is 1.03. The van der Waals surface area contributed by atoms with Crippen LogP contribution in [0.2, 0.25) is 0 Å². The van der Waals surface area contributed by atoms with Crippen molar-refractivity contribution in [3.05, 3.63) is 94.8 Å². The highest BCUT2D eigenvalue weighted by atomic mass is 16.2. The van der Waals surface area contributed by atoms with Crippen LogP contribution in [0.3, 0.4) is 0 Å². The molecule has 186 valence electrons. The fourth-order valence-electron chi connectivity index (χ4n) is 5.56. The lowest BCUT2D eigenvalue weighted by molar-refractivity contribution is 0.0708. The van der Waals surface area contributed by atoms with E-state index in [0.717, 1.165) is 84.1 Å². The quantitative estimate of drug-likeness (QED) is 0.429. The second-order valence-electron chi connectivity index (χ2n) is 9.94. The minimum absolute atomic E-state index is 0.0792. The molecule has 1 aromatic heterocycles. The Labute approximate surface area is 217 Å². The molecule has 0 unspecified atom stereocenters. The Morgan fingerprint density at radius 1 is 0.946 bits per heavy atom. The number of carbonyl (C=O) groups is 1. The molecular formula is C30H30N6O. The Balaban J connectivity index is 1.13. The zero-order valence-corrected chi connectivity index (χ0v) is 21.1. The van der Waals surface area contributed by atoms with E-state index < -0.39 is 0 Å². The van der Waals surface area contributed by atoms with Crippen LogP contribution in [0.5, 0.6) is 0 Å². The van der Waals surface area contributed by atoms with E-state index in [9.17, 15) is 10.1 Å². The first-order valence-corrected chi connectivity index (χ1v) is 12.9. The Kier molecular flexibility index (Phi) is 6.11. The van der Waals surface area contributed by atoms with Crippen LogP contribution in [0.15, 0.2) is 66.7 Å². The van der Waals surface area contributed by atoms with Crippen molar-refractivity contribution in [1.29, 1.82) is 5.26 Å². The Bertz CT molecular complexity index is 1510. The van der Waals surface area contributed by atoms with Crippen LogP contribution in [0, 0.1) is 18.3 Å². The molecule has 1 saturated heterocycles. The Morgan fingerprint density at radius 2 is 1.73 bits per heavy atom. The van der Waals surface area contributed by atoms with Crippen LogP contribution < -0.4 is 4.90 Å². The number of anilines is 1. The smallest absolute Gasteiger partial charge is 0.254 e. The number of rotatable bonds is 4. The maximum Gasteiger partial charge on any atom is 0.254 e. The van der Waals surface area contributed by atoms with Gasteiger partial charge in [0.15, 0.2) is 0 Å². The molecule has 0 spiro atoms. The summed E-state index contributed by atoms with van der Waals surface area (Å²) in [6, 6.07) is 24.6. The van der Waals surface area contributed by atoms with E-state index in [0.29, 0.717) is 13.1 Å². The predicted molar refractivity (Wildman–Crippen MR) is 144 cm³/mol. The molecule has 6 rings (SSSR count). The van der Waals surface area contributed by atoms with Crippen molar-refractivity contribution < 1.29 is 4.79 Å². The third kappa shape index (κ3) is 4.45. The summed E-state index contributed by atoms with van der Waals surface area (Å²) in [5.41, 5.74) is 6.81. The largest absolute Gasteiger partial charge is 0.368 e. The summed E-state index contributed by atoms with van der Waals surface area (Å²) in [5, 5.41) is 9.44. The van der Waals surface area contributed by atoms with Gasteiger partial charge >= 0.3 is 0 Å². The maximum absolute atomic E-state index is 13.6. The third-order valence-electron chi connectivity index (χ3n) is 7.62. The van der Waals surface area contributed by atoms with Crippen molar-refractivity contribution in [3.63, 3.8) is 0 Å². The van der Waals surface area contributed by atoms with Gasteiger partial charge in [-0.25, -0.2) is 4.98 Å². The van der Waals surface area contributed by atoms with Gasteiger partial charge in [-0.15, -0.1) is 0 Å². The number of nitriles is 1. The SMILES string of the molecule is Cc1ccc(CN2CCN(c3ccccc3C#N)CC2)cc1C(=O)N1CCn2c(nc3ccccc32)C1. The van der Waals surface area contributed by atoms with Crippen molar-refractivity contribution in [2.75, 3.05) is 37.6 Å². The van der Waals surface area contributed by atoms with Crippen molar-refractivity contribution in [2.45, 2.75) is 26.6 Å². The number of hydrogen-bond donors (Lipinski definition) is 0. The molecule has 0 aliphatic carbocycles. The summed E-state index contributed by atoms with van der Waals surface area (Å²) in [6.07, 6.45) is 0. The van der Waals surface area contributed by atoms with Gasteiger partial charge < -0.3 is 14.4 Å². The number of nitrogens with zero attached hydrogens (tertiary/aromatic N) is 6. The van der Waals surface area contributed by atoms with Crippen LogP contribution in [0.25, 0.3) is 11.0 Å². The fraction of sp³-hybridized carbons (Fsp3) is 0.300. The number of carbonyl (C=O) groups excluding carboxylic acids is 1. The highest BCUT2D eigenvalue weighted by molar-refractivity contribution is 5.96. The highest BCUT2D eigenvalue weighted by Crippen LogP contribution is 2.24. The second kappa shape index (κ2) is 9.72.